The fourth-order valence-corrected chi connectivity index (χ4v) is 3.51. The molecular weight excluding hydrogens is 383 g/mol. The van der Waals surface area contributed by atoms with Crippen LogP contribution in [0.3, 0.4) is 0 Å². The van der Waals surface area contributed by atoms with Crippen molar-refractivity contribution in [3.8, 4) is 5.69 Å². The molecule has 0 N–H and O–H groups in total. The molecule has 4 rings (SSSR count). The van der Waals surface area contributed by atoms with Crippen molar-refractivity contribution in [2.24, 2.45) is 0 Å². The highest BCUT2D eigenvalue weighted by molar-refractivity contribution is 5.79. The summed E-state index contributed by atoms with van der Waals surface area (Å²) in [5.41, 5.74) is 2.45. The minimum Gasteiger partial charge on any atom is -0.352 e. The number of nitrogens with zero attached hydrogens (tertiary/aromatic N) is 4. The fourth-order valence-electron chi connectivity index (χ4n) is 3.51. The fraction of sp³-hybridized carbons (Fsp3) is 0.261. The molecule has 1 aliphatic heterocycles. The molecule has 0 spiro atoms. The number of aromatic nitrogens is 2. The Hall–Kier alpha value is -3.48. The molecule has 30 heavy (non-hydrogen) atoms. The molecule has 0 saturated carbocycles. The highest BCUT2D eigenvalue weighted by Crippen LogP contribution is 2.15. The topological polar surface area (TPSA) is 58.4 Å². The Kier molecular flexibility index (Phi) is 5.61. The van der Waals surface area contributed by atoms with E-state index in [-0.39, 0.29) is 23.7 Å². The summed E-state index contributed by atoms with van der Waals surface area (Å²) in [5.74, 6) is 0.430. The zero-order chi connectivity index (χ0) is 21.1. The third-order valence-electron chi connectivity index (χ3n) is 5.29. The molecule has 1 amide bonds. The summed E-state index contributed by atoms with van der Waals surface area (Å²) in [6.45, 7) is 4.41. The van der Waals surface area contributed by atoms with E-state index in [0.29, 0.717) is 32.0 Å². The molecule has 154 valence electrons. The van der Waals surface area contributed by atoms with Crippen LogP contribution in [0.5, 0.6) is 0 Å². The maximum atomic E-state index is 13.0. The Morgan fingerprint density at radius 1 is 0.933 bits per heavy atom. The lowest BCUT2D eigenvalue weighted by Crippen LogP contribution is -2.49. The van der Waals surface area contributed by atoms with Crippen LogP contribution in [0, 0.1) is 12.7 Å². The molecule has 1 saturated heterocycles. The van der Waals surface area contributed by atoms with Crippen LogP contribution in [0.2, 0.25) is 0 Å². The summed E-state index contributed by atoms with van der Waals surface area (Å²) in [5, 5.41) is 4.53. The highest BCUT2D eigenvalue weighted by atomic mass is 19.1. The Morgan fingerprint density at radius 3 is 2.27 bits per heavy atom. The number of carbonyl (C=O) groups excluding carboxylic acids is 1. The second kappa shape index (κ2) is 8.49. The van der Waals surface area contributed by atoms with E-state index < -0.39 is 0 Å². The third kappa shape index (κ3) is 4.40. The molecule has 7 heteroatoms. The Morgan fingerprint density at radius 2 is 1.60 bits per heavy atom. The van der Waals surface area contributed by atoms with Gasteiger partial charge in [-0.05, 0) is 42.8 Å². The number of carbonyl (C=O) groups is 1. The molecule has 0 atom stereocenters. The molecule has 0 bridgehead atoms. The van der Waals surface area contributed by atoms with Crippen LogP contribution in [0.4, 0.5) is 10.2 Å². The first-order valence-corrected chi connectivity index (χ1v) is 9.94. The average Bonchev–Trinajstić information content (AvgIpc) is 2.76. The van der Waals surface area contributed by atoms with E-state index in [1.54, 1.807) is 18.2 Å². The van der Waals surface area contributed by atoms with Gasteiger partial charge < -0.3 is 9.80 Å². The molecule has 2 aromatic carbocycles. The van der Waals surface area contributed by atoms with Crippen LogP contribution < -0.4 is 10.5 Å². The highest BCUT2D eigenvalue weighted by Gasteiger charge is 2.22. The second-order valence-corrected chi connectivity index (χ2v) is 7.45. The van der Waals surface area contributed by atoms with E-state index in [1.807, 2.05) is 36.1 Å². The van der Waals surface area contributed by atoms with Crippen molar-refractivity contribution in [2.45, 2.75) is 13.3 Å². The quantitative estimate of drug-likeness (QED) is 0.668. The first kappa shape index (κ1) is 19.8. The van der Waals surface area contributed by atoms with Gasteiger partial charge in [-0.25, -0.2) is 4.39 Å². The predicted octanol–water partition coefficient (Wildman–Crippen LogP) is 2.57. The van der Waals surface area contributed by atoms with E-state index in [0.717, 1.165) is 16.8 Å². The molecular formula is C23H23FN4O2. The molecule has 3 aromatic rings. The maximum absolute atomic E-state index is 13.0. The number of benzene rings is 2. The SMILES string of the molecule is Cc1ccc(-n2nc(N3CCN(C(=O)Cc4ccc(F)cc4)CC3)ccc2=O)cc1. The Bertz CT molecular complexity index is 1090. The molecule has 1 aliphatic rings. The maximum Gasteiger partial charge on any atom is 0.271 e. The van der Waals surface area contributed by atoms with Gasteiger partial charge in [-0.2, -0.15) is 4.68 Å². The second-order valence-electron chi connectivity index (χ2n) is 7.45. The third-order valence-corrected chi connectivity index (χ3v) is 5.29. The van der Waals surface area contributed by atoms with Gasteiger partial charge in [0.2, 0.25) is 5.91 Å². The number of aryl methyl sites for hydroxylation is 1. The zero-order valence-electron chi connectivity index (χ0n) is 16.8. The Balaban J connectivity index is 1.42. The van der Waals surface area contributed by atoms with Crippen LogP contribution in [0.1, 0.15) is 11.1 Å². The number of hydrogen-bond acceptors (Lipinski definition) is 4. The van der Waals surface area contributed by atoms with Crippen molar-refractivity contribution in [3.05, 3.63) is 88.0 Å². The van der Waals surface area contributed by atoms with E-state index in [4.69, 9.17) is 0 Å². The van der Waals surface area contributed by atoms with Gasteiger partial charge in [-0.3, -0.25) is 9.59 Å². The van der Waals surface area contributed by atoms with Crippen LogP contribution in [-0.2, 0) is 11.2 Å². The van der Waals surface area contributed by atoms with Gasteiger partial charge in [0.05, 0.1) is 12.1 Å². The lowest BCUT2D eigenvalue weighted by Gasteiger charge is -2.35. The molecule has 0 unspecified atom stereocenters. The number of anilines is 1. The van der Waals surface area contributed by atoms with Gasteiger partial charge in [0.25, 0.3) is 5.56 Å². The van der Waals surface area contributed by atoms with Crippen molar-refractivity contribution in [1.82, 2.24) is 14.7 Å². The lowest BCUT2D eigenvalue weighted by molar-refractivity contribution is -0.130. The van der Waals surface area contributed by atoms with Gasteiger partial charge in [-0.1, -0.05) is 29.8 Å². The minimum atomic E-state index is -0.306. The smallest absolute Gasteiger partial charge is 0.271 e. The standard InChI is InChI=1S/C23H23FN4O2/c1-17-2-8-20(9-3-17)28-22(29)11-10-21(25-28)26-12-14-27(15-13-26)23(30)16-18-4-6-19(24)7-5-18/h2-11H,12-16H2,1H3. The molecule has 1 aromatic heterocycles. The summed E-state index contributed by atoms with van der Waals surface area (Å²) in [6.07, 6.45) is 0.261. The van der Waals surface area contributed by atoms with Crippen LogP contribution in [-0.4, -0.2) is 46.8 Å². The van der Waals surface area contributed by atoms with E-state index >= 15 is 0 Å². The Labute approximate surface area is 174 Å². The van der Waals surface area contributed by atoms with Gasteiger partial charge in [0.1, 0.15) is 11.6 Å². The van der Waals surface area contributed by atoms with Gasteiger partial charge >= 0.3 is 0 Å². The predicted molar refractivity (Wildman–Crippen MR) is 113 cm³/mol. The normalized spacial score (nSPS) is 14.1. The van der Waals surface area contributed by atoms with Gasteiger partial charge in [-0.15, -0.1) is 5.10 Å². The summed E-state index contributed by atoms with van der Waals surface area (Å²) < 4.78 is 14.4. The number of amides is 1. The largest absolute Gasteiger partial charge is 0.352 e. The molecule has 1 fully saturated rings. The number of hydrogen-bond donors (Lipinski definition) is 0. The number of piperazine rings is 1. The van der Waals surface area contributed by atoms with Gasteiger partial charge in [0, 0.05) is 32.2 Å². The summed E-state index contributed by atoms with van der Waals surface area (Å²) in [6, 6.07) is 16.9. The first-order chi connectivity index (χ1) is 14.5. The molecule has 0 radical (unpaired) electrons. The van der Waals surface area contributed by atoms with Crippen LogP contribution >= 0.6 is 0 Å². The zero-order valence-corrected chi connectivity index (χ0v) is 16.8. The van der Waals surface area contributed by atoms with Crippen molar-refractivity contribution < 1.29 is 9.18 Å². The van der Waals surface area contributed by atoms with Crippen molar-refractivity contribution in [1.29, 1.82) is 0 Å². The van der Waals surface area contributed by atoms with E-state index in [2.05, 4.69) is 10.00 Å². The van der Waals surface area contributed by atoms with Crippen LogP contribution in [0.25, 0.3) is 5.69 Å². The summed E-state index contributed by atoms with van der Waals surface area (Å²) in [7, 11) is 0. The summed E-state index contributed by atoms with van der Waals surface area (Å²) in [4.78, 5) is 28.7. The minimum absolute atomic E-state index is 0.0267. The van der Waals surface area contributed by atoms with Crippen molar-refractivity contribution in [3.63, 3.8) is 0 Å². The summed E-state index contributed by atoms with van der Waals surface area (Å²) >= 11 is 0. The molecule has 6 nitrogen and oxygen atoms in total. The average molecular weight is 406 g/mol. The first-order valence-electron chi connectivity index (χ1n) is 9.94. The molecule has 0 aliphatic carbocycles. The lowest BCUT2D eigenvalue weighted by atomic mass is 10.1. The van der Waals surface area contributed by atoms with E-state index in [9.17, 15) is 14.0 Å². The van der Waals surface area contributed by atoms with Gasteiger partial charge in [0.15, 0.2) is 0 Å². The number of rotatable bonds is 4. The van der Waals surface area contributed by atoms with Crippen molar-refractivity contribution >= 4 is 11.7 Å². The number of halogens is 1. The van der Waals surface area contributed by atoms with Crippen LogP contribution in [0.15, 0.2) is 65.5 Å². The molecule has 2 heterocycles. The van der Waals surface area contributed by atoms with Crippen molar-refractivity contribution in [2.75, 3.05) is 31.1 Å². The monoisotopic (exact) mass is 406 g/mol. The van der Waals surface area contributed by atoms with E-state index in [1.165, 1.54) is 22.9 Å².